The topological polar surface area (TPSA) is 46.6 Å². The highest BCUT2D eigenvalue weighted by Crippen LogP contribution is 2.27. The summed E-state index contributed by atoms with van der Waals surface area (Å²) < 4.78 is 4.43. The summed E-state index contributed by atoms with van der Waals surface area (Å²) in [4.78, 5) is 24.2. The summed E-state index contributed by atoms with van der Waals surface area (Å²) in [6.07, 6.45) is 4.47. The number of likely N-dealkylation sites (N-methyl/N-ethyl adjacent to an activating group) is 1. The first-order valence-corrected chi connectivity index (χ1v) is 5.43. The molecule has 1 saturated carbocycles. The van der Waals surface area contributed by atoms with Crippen molar-refractivity contribution in [2.75, 3.05) is 14.2 Å². The summed E-state index contributed by atoms with van der Waals surface area (Å²) in [6, 6.07) is 0.186. The molecule has 1 amide bonds. The molecule has 1 rings (SSSR count). The van der Waals surface area contributed by atoms with Gasteiger partial charge in [-0.1, -0.05) is 19.8 Å². The molecular formula is C11H19NO3. The van der Waals surface area contributed by atoms with E-state index in [9.17, 15) is 9.59 Å². The Kier molecular flexibility index (Phi) is 4.12. The van der Waals surface area contributed by atoms with Crippen molar-refractivity contribution in [1.29, 1.82) is 0 Å². The van der Waals surface area contributed by atoms with E-state index in [1.54, 1.807) is 7.05 Å². The van der Waals surface area contributed by atoms with Crippen molar-refractivity contribution >= 4 is 11.9 Å². The SMILES string of the molecule is COC(=O)C(=O)N(C)C1CCCCC1C. The zero-order valence-corrected chi connectivity index (χ0v) is 9.66. The highest BCUT2D eigenvalue weighted by molar-refractivity contribution is 6.32. The standard InChI is InChI=1S/C11H19NO3/c1-8-6-4-5-7-9(8)12(2)10(13)11(14)15-3/h8-9H,4-7H2,1-3H3. The number of hydrogen-bond donors (Lipinski definition) is 0. The molecule has 0 aromatic rings. The number of hydrogen-bond acceptors (Lipinski definition) is 3. The Bertz CT molecular complexity index is 252. The van der Waals surface area contributed by atoms with Gasteiger partial charge in [-0.3, -0.25) is 4.79 Å². The number of nitrogens with zero attached hydrogens (tertiary/aromatic N) is 1. The fraction of sp³-hybridized carbons (Fsp3) is 0.818. The van der Waals surface area contributed by atoms with Crippen LogP contribution in [0.1, 0.15) is 32.6 Å². The van der Waals surface area contributed by atoms with Crippen molar-refractivity contribution in [3.63, 3.8) is 0 Å². The quantitative estimate of drug-likeness (QED) is 0.485. The summed E-state index contributed by atoms with van der Waals surface area (Å²) in [5, 5.41) is 0. The summed E-state index contributed by atoms with van der Waals surface area (Å²) in [7, 11) is 2.92. The van der Waals surface area contributed by atoms with Gasteiger partial charge in [0.2, 0.25) is 0 Å². The Labute approximate surface area is 90.6 Å². The third-order valence-electron chi connectivity index (χ3n) is 3.24. The number of rotatable bonds is 1. The molecule has 1 fully saturated rings. The van der Waals surface area contributed by atoms with Crippen molar-refractivity contribution in [3.8, 4) is 0 Å². The lowest BCUT2D eigenvalue weighted by atomic mass is 9.85. The zero-order valence-electron chi connectivity index (χ0n) is 9.66. The lowest BCUT2D eigenvalue weighted by Gasteiger charge is -2.35. The molecule has 0 bridgehead atoms. The van der Waals surface area contributed by atoms with Crippen LogP contribution in [0.25, 0.3) is 0 Å². The summed E-state index contributed by atoms with van der Waals surface area (Å²) in [5.74, 6) is -0.830. The minimum absolute atomic E-state index is 0.186. The lowest BCUT2D eigenvalue weighted by Crippen LogP contribution is -2.45. The predicted octanol–water partition coefficient (Wildman–Crippen LogP) is 1.20. The molecule has 4 nitrogen and oxygen atoms in total. The fourth-order valence-corrected chi connectivity index (χ4v) is 2.25. The van der Waals surface area contributed by atoms with E-state index in [4.69, 9.17) is 0 Å². The maximum Gasteiger partial charge on any atom is 0.396 e. The zero-order chi connectivity index (χ0) is 11.4. The molecule has 0 aromatic carbocycles. The van der Waals surface area contributed by atoms with E-state index in [1.165, 1.54) is 18.4 Å². The number of carbonyl (C=O) groups excluding carboxylic acids is 2. The van der Waals surface area contributed by atoms with E-state index < -0.39 is 11.9 Å². The Hall–Kier alpha value is -1.06. The average Bonchev–Trinajstić information content (AvgIpc) is 2.26. The van der Waals surface area contributed by atoms with Crippen LogP contribution in [-0.4, -0.2) is 37.0 Å². The number of ether oxygens (including phenoxy) is 1. The number of carbonyl (C=O) groups is 2. The fourth-order valence-electron chi connectivity index (χ4n) is 2.25. The molecule has 0 N–H and O–H groups in total. The van der Waals surface area contributed by atoms with Crippen LogP contribution in [0.5, 0.6) is 0 Å². The molecule has 0 spiro atoms. The molecule has 0 heterocycles. The van der Waals surface area contributed by atoms with Crippen molar-refractivity contribution in [2.45, 2.75) is 38.6 Å². The second-order valence-corrected chi connectivity index (χ2v) is 4.24. The number of methoxy groups -OCH3 is 1. The molecule has 4 heteroatoms. The van der Waals surface area contributed by atoms with Crippen LogP contribution in [0.15, 0.2) is 0 Å². The van der Waals surface area contributed by atoms with Crippen molar-refractivity contribution in [1.82, 2.24) is 4.90 Å². The van der Waals surface area contributed by atoms with Gasteiger partial charge in [0.15, 0.2) is 0 Å². The molecular weight excluding hydrogens is 194 g/mol. The van der Waals surface area contributed by atoms with Gasteiger partial charge in [0.1, 0.15) is 0 Å². The first kappa shape index (κ1) is 12.0. The molecule has 15 heavy (non-hydrogen) atoms. The van der Waals surface area contributed by atoms with Crippen molar-refractivity contribution in [3.05, 3.63) is 0 Å². The molecule has 0 aliphatic heterocycles. The molecule has 0 radical (unpaired) electrons. The van der Waals surface area contributed by atoms with Gasteiger partial charge in [-0.15, -0.1) is 0 Å². The average molecular weight is 213 g/mol. The van der Waals surface area contributed by atoms with Crippen molar-refractivity contribution in [2.24, 2.45) is 5.92 Å². The van der Waals surface area contributed by atoms with E-state index in [-0.39, 0.29) is 6.04 Å². The summed E-state index contributed by atoms with van der Waals surface area (Å²) >= 11 is 0. The molecule has 0 saturated heterocycles. The van der Waals surface area contributed by atoms with E-state index in [0.717, 1.165) is 19.3 Å². The molecule has 2 unspecified atom stereocenters. The van der Waals surface area contributed by atoms with Crippen molar-refractivity contribution < 1.29 is 14.3 Å². The largest absolute Gasteiger partial charge is 0.462 e. The summed E-state index contributed by atoms with van der Waals surface area (Å²) in [5.41, 5.74) is 0. The molecule has 2 atom stereocenters. The van der Waals surface area contributed by atoms with Crippen LogP contribution in [-0.2, 0) is 14.3 Å². The van der Waals surface area contributed by atoms with E-state index >= 15 is 0 Å². The smallest absolute Gasteiger partial charge is 0.396 e. The molecule has 1 aliphatic carbocycles. The third-order valence-corrected chi connectivity index (χ3v) is 3.24. The lowest BCUT2D eigenvalue weighted by molar-refractivity contribution is -0.159. The number of amides is 1. The minimum Gasteiger partial charge on any atom is -0.462 e. The highest BCUT2D eigenvalue weighted by atomic mass is 16.5. The Morgan fingerprint density at radius 1 is 1.27 bits per heavy atom. The molecule has 0 aromatic heterocycles. The van der Waals surface area contributed by atoms with E-state index in [1.807, 2.05) is 0 Å². The highest BCUT2D eigenvalue weighted by Gasteiger charge is 2.31. The van der Waals surface area contributed by atoms with Gasteiger partial charge in [0.05, 0.1) is 7.11 Å². The normalized spacial score (nSPS) is 25.8. The predicted molar refractivity (Wildman–Crippen MR) is 56.2 cm³/mol. The van der Waals surface area contributed by atoms with Gasteiger partial charge < -0.3 is 9.64 Å². The van der Waals surface area contributed by atoms with Gasteiger partial charge in [0.25, 0.3) is 0 Å². The van der Waals surface area contributed by atoms with E-state index in [2.05, 4.69) is 11.7 Å². The van der Waals surface area contributed by atoms with Gasteiger partial charge in [-0.05, 0) is 18.8 Å². The van der Waals surface area contributed by atoms with E-state index in [0.29, 0.717) is 5.92 Å². The Morgan fingerprint density at radius 2 is 1.87 bits per heavy atom. The number of esters is 1. The molecule has 86 valence electrons. The second kappa shape index (κ2) is 5.14. The van der Waals surface area contributed by atoms with Crippen LogP contribution in [0.4, 0.5) is 0 Å². The van der Waals surface area contributed by atoms with Crippen LogP contribution in [0.3, 0.4) is 0 Å². The third kappa shape index (κ3) is 2.70. The van der Waals surface area contributed by atoms with Crippen LogP contribution < -0.4 is 0 Å². The maximum atomic E-state index is 11.6. The Morgan fingerprint density at radius 3 is 2.40 bits per heavy atom. The first-order chi connectivity index (χ1) is 7.07. The van der Waals surface area contributed by atoms with Gasteiger partial charge in [0, 0.05) is 13.1 Å². The minimum atomic E-state index is -0.768. The maximum absolute atomic E-state index is 11.6. The van der Waals surface area contributed by atoms with Crippen LogP contribution in [0.2, 0.25) is 0 Å². The van der Waals surface area contributed by atoms with Gasteiger partial charge in [-0.2, -0.15) is 0 Å². The van der Waals surface area contributed by atoms with Crippen LogP contribution >= 0.6 is 0 Å². The monoisotopic (exact) mass is 213 g/mol. The van der Waals surface area contributed by atoms with Gasteiger partial charge >= 0.3 is 11.9 Å². The first-order valence-electron chi connectivity index (χ1n) is 5.43. The van der Waals surface area contributed by atoms with Gasteiger partial charge in [-0.25, -0.2) is 4.79 Å². The second-order valence-electron chi connectivity index (χ2n) is 4.24. The van der Waals surface area contributed by atoms with Crippen LogP contribution in [0, 0.1) is 5.92 Å². The Balaban J connectivity index is 2.61. The summed E-state index contributed by atoms with van der Waals surface area (Å²) in [6.45, 7) is 2.13. The molecule has 1 aliphatic rings.